The molecule has 0 bridgehead atoms. The van der Waals surface area contributed by atoms with Crippen molar-refractivity contribution < 1.29 is 5.21 Å². The smallest absolute Gasteiger partial charge is 0.193 e. The monoisotopic (exact) mass is 492 g/mol. The van der Waals surface area contributed by atoms with Crippen LogP contribution in [-0.2, 0) is 6.42 Å². The predicted molar refractivity (Wildman–Crippen MR) is 144 cm³/mol. The largest absolute Gasteiger partial charge is 0.428 e. The maximum atomic E-state index is 13.7. The molecule has 0 spiro atoms. The summed E-state index contributed by atoms with van der Waals surface area (Å²) >= 11 is 6.22. The van der Waals surface area contributed by atoms with Crippen molar-refractivity contribution in [2.75, 3.05) is 20.6 Å². The maximum Gasteiger partial charge on any atom is 0.193 e. The highest BCUT2D eigenvalue weighted by Crippen LogP contribution is 2.42. The van der Waals surface area contributed by atoms with Crippen molar-refractivity contribution in [1.82, 2.24) is 9.63 Å². The van der Waals surface area contributed by atoms with E-state index in [1.54, 1.807) is 18.2 Å². The van der Waals surface area contributed by atoms with Crippen molar-refractivity contribution >= 4 is 22.5 Å². The van der Waals surface area contributed by atoms with Crippen molar-refractivity contribution in [2.45, 2.75) is 75.5 Å². The minimum absolute atomic E-state index is 0.0312. The Morgan fingerprint density at radius 2 is 1.69 bits per heavy atom. The molecular weight excluding hydrogens is 456 g/mol. The molecule has 3 aromatic rings. The Hall–Kier alpha value is -2.30. The number of benzene rings is 2. The van der Waals surface area contributed by atoms with Crippen LogP contribution in [0, 0.1) is 0 Å². The Bertz CT molecular complexity index is 1240. The van der Waals surface area contributed by atoms with E-state index in [0.29, 0.717) is 28.3 Å². The summed E-state index contributed by atoms with van der Waals surface area (Å²) in [4.78, 5) is 15.8. The van der Waals surface area contributed by atoms with Gasteiger partial charge in [-0.15, -0.1) is 0 Å². The zero-order chi connectivity index (χ0) is 24.5. The SMILES string of the molecule is CN(C)CCCC1CC(c2ccc(C3CCCCC3)cc2)Cc2c1c(=O)c1cc(Cl)ccc1n2O. The van der Waals surface area contributed by atoms with Crippen LogP contribution in [0.25, 0.3) is 10.9 Å². The van der Waals surface area contributed by atoms with Crippen LogP contribution >= 0.6 is 11.6 Å². The lowest BCUT2D eigenvalue weighted by atomic mass is 9.73. The summed E-state index contributed by atoms with van der Waals surface area (Å²) in [6.45, 7) is 0.985. The second-order valence-electron chi connectivity index (χ2n) is 10.9. The second-order valence-corrected chi connectivity index (χ2v) is 11.4. The molecule has 2 aliphatic carbocycles. The molecular formula is C30H37ClN2O2. The standard InChI is InChI=1S/C30H37ClN2O2/c1-32(2)16-6-9-23-17-24(22-12-10-21(11-13-22)20-7-4-3-5-8-20)18-28-29(23)30(34)26-19-25(31)14-15-27(26)33(28)35/h10-15,19-20,23-24,35H,3-9,16-18H2,1-2H3. The molecule has 2 aromatic carbocycles. The first-order chi connectivity index (χ1) is 16.9. The summed E-state index contributed by atoms with van der Waals surface area (Å²) in [5.41, 5.74) is 4.91. The summed E-state index contributed by atoms with van der Waals surface area (Å²) in [7, 11) is 4.17. The number of aromatic nitrogens is 1. The fourth-order valence-corrected chi connectivity index (χ4v) is 6.62. The zero-order valence-electron chi connectivity index (χ0n) is 21.0. The van der Waals surface area contributed by atoms with Crippen molar-refractivity contribution in [2.24, 2.45) is 0 Å². The Labute approximate surface area is 213 Å². The van der Waals surface area contributed by atoms with Crippen molar-refractivity contribution in [3.8, 4) is 0 Å². The molecule has 1 N–H and O–H groups in total. The topological polar surface area (TPSA) is 45.5 Å². The van der Waals surface area contributed by atoms with Crippen molar-refractivity contribution in [1.29, 1.82) is 0 Å². The molecule has 1 aromatic heterocycles. The Morgan fingerprint density at radius 1 is 1.00 bits per heavy atom. The van der Waals surface area contributed by atoms with E-state index in [4.69, 9.17) is 11.6 Å². The van der Waals surface area contributed by atoms with Crippen LogP contribution in [0.5, 0.6) is 0 Å². The number of hydrogen-bond acceptors (Lipinski definition) is 3. The summed E-state index contributed by atoms with van der Waals surface area (Å²) in [6, 6.07) is 14.4. The highest BCUT2D eigenvalue weighted by molar-refractivity contribution is 6.31. The lowest BCUT2D eigenvalue weighted by molar-refractivity contribution is 0.181. The van der Waals surface area contributed by atoms with E-state index in [2.05, 4.69) is 43.3 Å². The predicted octanol–water partition coefficient (Wildman–Crippen LogP) is 7.10. The molecule has 1 heterocycles. The molecule has 35 heavy (non-hydrogen) atoms. The van der Waals surface area contributed by atoms with Gasteiger partial charge in [0.25, 0.3) is 0 Å². The first-order valence-corrected chi connectivity index (χ1v) is 13.6. The van der Waals surface area contributed by atoms with Crippen molar-refractivity contribution in [3.63, 3.8) is 0 Å². The third kappa shape index (κ3) is 5.01. The molecule has 4 nitrogen and oxygen atoms in total. The first-order valence-electron chi connectivity index (χ1n) is 13.2. The van der Waals surface area contributed by atoms with Gasteiger partial charge in [0, 0.05) is 10.6 Å². The van der Waals surface area contributed by atoms with E-state index in [0.717, 1.165) is 37.1 Å². The lowest BCUT2D eigenvalue weighted by Gasteiger charge is -2.33. The minimum Gasteiger partial charge on any atom is -0.428 e. The highest BCUT2D eigenvalue weighted by atomic mass is 35.5. The summed E-state index contributed by atoms with van der Waals surface area (Å²) in [6.07, 6.45) is 10.2. The molecule has 2 unspecified atom stereocenters. The van der Waals surface area contributed by atoms with Gasteiger partial charge >= 0.3 is 0 Å². The molecule has 2 aliphatic rings. The average Bonchev–Trinajstić information content (AvgIpc) is 2.87. The molecule has 2 atom stereocenters. The highest BCUT2D eigenvalue weighted by Gasteiger charge is 2.33. The Balaban J connectivity index is 1.50. The van der Waals surface area contributed by atoms with E-state index >= 15 is 0 Å². The zero-order valence-corrected chi connectivity index (χ0v) is 21.7. The molecule has 0 aliphatic heterocycles. The number of nitrogens with zero attached hydrogens (tertiary/aromatic N) is 2. The van der Waals surface area contributed by atoms with E-state index in [1.807, 2.05) is 0 Å². The third-order valence-corrected chi connectivity index (χ3v) is 8.54. The van der Waals surface area contributed by atoms with E-state index < -0.39 is 0 Å². The van der Waals surface area contributed by atoms with E-state index in [9.17, 15) is 10.0 Å². The average molecular weight is 493 g/mol. The van der Waals surface area contributed by atoms with Crippen LogP contribution in [0.4, 0.5) is 0 Å². The van der Waals surface area contributed by atoms with Gasteiger partial charge in [0.05, 0.1) is 16.6 Å². The third-order valence-electron chi connectivity index (χ3n) is 8.30. The molecule has 0 amide bonds. The van der Waals surface area contributed by atoms with E-state index in [-0.39, 0.29) is 17.3 Å². The van der Waals surface area contributed by atoms with Gasteiger partial charge in [-0.25, -0.2) is 0 Å². The number of hydrogen-bond donors (Lipinski definition) is 1. The molecule has 5 rings (SSSR count). The van der Waals surface area contributed by atoms with E-state index in [1.165, 1.54) is 48.0 Å². The number of halogens is 1. The summed E-state index contributed by atoms with van der Waals surface area (Å²) in [5.74, 6) is 1.11. The fourth-order valence-electron chi connectivity index (χ4n) is 6.45. The van der Waals surface area contributed by atoms with Crippen LogP contribution in [-0.4, -0.2) is 35.5 Å². The molecule has 186 valence electrons. The van der Waals surface area contributed by atoms with Gasteiger partial charge in [-0.05, 0) is 106 Å². The normalized spacial score (nSPS) is 20.9. The molecule has 0 saturated heterocycles. The van der Waals surface area contributed by atoms with Gasteiger partial charge in [-0.3, -0.25) is 4.79 Å². The number of fused-ring (bicyclic) bond motifs is 2. The van der Waals surface area contributed by atoms with Crippen LogP contribution in [0.1, 0.15) is 91.5 Å². The summed E-state index contributed by atoms with van der Waals surface area (Å²) < 4.78 is 1.27. The lowest BCUT2D eigenvalue weighted by Crippen LogP contribution is -2.29. The molecule has 1 saturated carbocycles. The second kappa shape index (κ2) is 10.4. The maximum absolute atomic E-state index is 13.7. The number of pyridine rings is 1. The van der Waals surface area contributed by atoms with Gasteiger partial charge in [0.1, 0.15) is 0 Å². The summed E-state index contributed by atoms with van der Waals surface area (Å²) in [5, 5.41) is 12.3. The fraction of sp³-hybridized carbons (Fsp3) is 0.500. The molecule has 5 heteroatoms. The van der Waals surface area contributed by atoms with Gasteiger partial charge in [0.15, 0.2) is 5.43 Å². The van der Waals surface area contributed by atoms with Crippen LogP contribution in [0.2, 0.25) is 5.02 Å². The first kappa shape index (κ1) is 24.4. The Kier molecular flexibility index (Phi) is 7.22. The molecule has 1 fully saturated rings. The van der Waals surface area contributed by atoms with Crippen LogP contribution in [0.15, 0.2) is 47.3 Å². The Morgan fingerprint density at radius 3 is 2.37 bits per heavy atom. The molecule has 0 radical (unpaired) electrons. The van der Waals surface area contributed by atoms with Gasteiger partial charge in [-0.2, -0.15) is 4.73 Å². The van der Waals surface area contributed by atoms with Gasteiger partial charge in [-0.1, -0.05) is 55.1 Å². The van der Waals surface area contributed by atoms with Crippen molar-refractivity contribution in [3.05, 3.63) is 80.1 Å². The van der Waals surface area contributed by atoms with Gasteiger partial charge < -0.3 is 10.1 Å². The van der Waals surface area contributed by atoms with Gasteiger partial charge in [0.2, 0.25) is 0 Å². The quantitative estimate of drug-likeness (QED) is 0.373. The number of rotatable bonds is 6. The minimum atomic E-state index is 0.0312. The van der Waals surface area contributed by atoms with Crippen LogP contribution in [0.3, 0.4) is 0 Å². The van der Waals surface area contributed by atoms with Crippen LogP contribution < -0.4 is 5.43 Å².